The monoisotopic (exact) mass is 625 g/mol. The van der Waals surface area contributed by atoms with E-state index in [0.29, 0.717) is 44.0 Å². The molecule has 0 fully saturated rings. The molecular weight excluding hydrogens is 602 g/mol. The molecule has 7 nitrogen and oxygen atoms in total. The van der Waals surface area contributed by atoms with Gasteiger partial charge in [-0.25, -0.2) is 0 Å². The fourth-order valence-electron chi connectivity index (χ4n) is 3.30. The van der Waals surface area contributed by atoms with Crippen molar-refractivity contribution in [3.63, 3.8) is 0 Å². The molecule has 0 atom stereocenters. The molecule has 0 unspecified atom stereocenters. The Morgan fingerprint density at radius 2 is 1.65 bits per heavy atom. The van der Waals surface area contributed by atoms with E-state index in [2.05, 4.69) is 42.5 Å². The summed E-state index contributed by atoms with van der Waals surface area (Å²) in [7, 11) is 0. The predicted molar refractivity (Wildman–Crippen MR) is 152 cm³/mol. The van der Waals surface area contributed by atoms with Crippen molar-refractivity contribution < 1.29 is 19.1 Å². The summed E-state index contributed by atoms with van der Waals surface area (Å²) in [5, 5.41) is 15.2. The van der Waals surface area contributed by atoms with Crippen LogP contribution in [0, 0.1) is 25.2 Å². The number of carbonyl (C=O) groups is 2. The molecule has 0 saturated carbocycles. The lowest BCUT2D eigenvalue weighted by atomic mass is 10.1. The van der Waals surface area contributed by atoms with Crippen LogP contribution in [-0.4, -0.2) is 25.0 Å². The van der Waals surface area contributed by atoms with Crippen molar-refractivity contribution in [1.29, 1.82) is 5.26 Å². The number of amides is 2. The molecule has 0 saturated heterocycles. The summed E-state index contributed by atoms with van der Waals surface area (Å²) in [5.74, 6) is 0.0712. The van der Waals surface area contributed by atoms with Crippen molar-refractivity contribution in [3.05, 3.63) is 85.8 Å². The van der Waals surface area contributed by atoms with Gasteiger partial charge in [0.25, 0.3) is 11.8 Å². The largest absolute Gasteiger partial charge is 0.494 e. The number of ether oxygens (including phenoxy) is 2. The number of nitriles is 1. The predicted octanol–water partition coefficient (Wildman–Crippen LogP) is 6.79. The minimum atomic E-state index is -0.582. The molecule has 0 radical (unpaired) electrons. The Labute approximate surface area is 232 Å². The highest BCUT2D eigenvalue weighted by atomic mass is 79.9. The molecule has 0 aliphatic rings. The Kier molecular flexibility index (Phi) is 9.89. The van der Waals surface area contributed by atoms with E-state index in [9.17, 15) is 14.9 Å². The first-order valence-electron chi connectivity index (χ1n) is 11.3. The third-order valence-electron chi connectivity index (χ3n) is 5.26. The van der Waals surface area contributed by atoms with Crippen molar-refractivity contribution in [2.45, 2.75) is 20.8 Å². The molecule has 190 valence electrons. The number of nitrogens with zero attached hydrogens (tertiary/aromatic N) is 1. The second kappa shape index (κ2) is 13.1. The van der Waals surface area contributed by atoms with Crippen LogP contribution in [0.1, 0.15) is 23.6 Å². The number of hydrogen-bond donors (Lipinski definition) is 2. The van der Waals surface area contributed by atoms with E-state index in [1.54, 1.807) is 36.4 Å². The van der Waals surface area contributed by atoms with Gasteiger partial charge in [0.15, 0.2) is 6.61 Å². The van der Waals surface area contributed by atoms with Crippen molar-refractivity contribution in [1.82, 2.24) is 0 Å². The van der Waals surface area contributed by atoms with Gasteiger partial charge in [-0.2, -0.15) is 5.26 Å². The lowest BCUT2D eigenvalue weighted by Crippen LogP contribution is -2.20. The lowest BCUT2D eigenvalue weighted by molar-refractivity contribution is -0.118. The second-order valence-corrected chi connectivity index (χ2v) is 9.79. The van der Waals surface area contributed by atoms with Crippen LogP contribution in [-0.2, 0) is 9.59 Å². The Balaban J connectivity index is 1.77. The molecule has 0 aliphatic heterocycles. The quantitative estimate of drug-likeness (QED) is 0.201. The summed E-state index contributed by atoms with van der Waals surface area (Å²) >= 11 is 6.86. The minimum Gasteiger partial charge on any atom is -0.494 e. The van der Waals surface area contributed by atoms with Gasteiger partial charge in [0.2, 0.25) is 0 Å². The molecule has 37 heavy (non-hydrogen) atoms. The molecule has 3 aromatic rings. The first kappa shape index (κ1) is 28.0. The van der Waals surface area contributed by atoms with E-state index >= 15 is 0 Å². The van der Waals surface area contributed by atoms with Gasteiger partial charge in [-0.3, -0.25) is 9.59 Å². The molecule has 0 spiro atoms. The fourth-order valence-corrected chi connectivity index (χ4v) is 4.67. The van der Waals surface area contributed by atoms with E-state index in [0.717, 1.165) is 11.1 Å². The second-order valence-electron chi connectivity index (χ2n) is 8.02. The Hall–Kier alpha value is -3.61. The first-order chi connectivity index (χ1) is 17.7. The first-order valence-corrected chi connectivity index (χ1v) is 12.9. The van der Waals surface area contributed by atoms with E-state index in [4.69, 9.17) is 9.47 Å². The van der Waals surface area contributed by atoms with E-state index in [1.807, 2.05) is 45.0 Å². The maximum atomic E-state index is 12.8. The summed E-state index contributed by atoms with van der Waals surface area (Å²) in [6.45, 7) is 6.12. The third kappa shape index (κ3) is 7.94. The highest BCUT2D eigenvalue weighted by Gasteiger charge is 2.16. The summed E-state index contributed by atoms with van der Waals surface area (Å²) in [6, 6.07) is 17.9. The zero-order chi connectivity index (χ0) is 26.9. The smallest absolute Gasteiger partial charge is 0.266 e. The zero-order valence-electron chi connectivity index (χ0n) is 20.5. The van der Waals surface area contributed by atoms with Crippen LogP contribution in [0.15, 0.2) is 69.1 Å². The molecule has 3 rings (SSSR count). The number of rotatable bonds is 9. The normalized spacial score (nSPS) is 10.9. The molecule has 2 N–H and O–H groups in total. The maximum absolute atomic E-state index is 12.8. The average molecular weight is 627 g/mol. The number of nitrogens with one attached hydrogen (secondary N) is 2. The van der Waals surface area contributed by atoms with Gasteiger partial charge < -0.3 is 20.1 Å². The van der Waals surface area contributed by atoms with Gasteiger partial charge in [0, 0.05) is 21.4 Å². The van der Waals surface area contributed by atoms with Gasteiger partial charge in [0.1, 0.15) is 23.1 Å². The molecule has 0 aromatic heterocycles. The molecule has 3 aromatic carbocycles. The molecule has 0 bridgehead atoms. The number of benzene rings is 3. The van der Waals surface area contributed by atoms with E-state index in [-0.39, 0.29) is 18.1 Å². The topological polar surface area (TPSA) is 100 Å². The summed E-state index contributed by atoms with van der Waals surface area (Å²) in [5.41, 5.74) is 3.69. The number of aryl methyl sites for hydroxylation is 2. The number of halogens is 2. The Morgan fingerprint density at radius 1 is 0.946 bits per heavy atom. The van der Waals surface area contributed by atoms with Crippen molar-refractivity contribution >= 4 is 61.1 Å². The third-order valence-corrected chi connectivity index (χ3v) is 6.31. The standard InChI is InChI=1S/C28H25Br2N3O4/c1-4-36-24-9-7-22(8-10-24)33-28(35)20(15-31)12-19-13-21(29)14-25(30)27(19)37-16-26(34)32-23-6-5-17(2)18(3)11-23/h5-14H,4,16H2,1-3H3,(H,32,34)(H,33,35)/b20-12+. The number of carbonyl (C=O) groups excluding carboxylic acids is 2. The van der Waals surface area contributed by atoms with Gasteiger partial charge in [-0.15, -0.1) is 0 Å². The van der Waals surface area contributed by atoms with Crippen LogP contribution in [0.25, 0.3) is 6.08 Å². The fraction of sp³-hybridized carbons (Fsp3) is 0.179. The van der Waals surface area contributed by atoms with E-state index in [1.165, 1.54) is 6.08 Å². The van der Waals surface area contributed by atoms with Crippen LogP contribution in [0.3, 0.4) is 0 Å². The highest BCUT2D eigenvalue weighted by molar-refractivity contribution is 9.11. The van der Waals surface area contributed by atoms with Crippen LogP contribution in [0.2, 0.25) is 0 Å². The summed E-state index contributed by atoms with van der Waals surface area (Å²) < 4.78 is 12.5. The van der Waals surface area contributed by atoms with E-state index < -0.39 is 5.91 Å². The highest BCUT2D eigenvalue weighted by Crippen LogP contribution is 2.34. The van der Waals surface area contributed by atoms with Crippen LogP contribution in [0.5, 0.6) is 11.5 Å². The van der Waals surface area contributed by atoms with Crippen molar-refractivity contribution in [2.75, 3.05) is 23.8 Å². The SMILES string of the molecule is CCOc1ccc(NC(=O)/C(C#N)=C/c2cc(Br)cc(Br)c2OCC(=O)Nc2ccc(C)c(C)c2)cc1. The minimum absolute atomic E-state index is 0.136. The van der Waals surface area contributed by atoms with Crippen molar-refractivity contribution in [2.24, 2.45) is 0 Å². The number of hydrogen-bond acceptors (Lipinski definition) is 5. The van der Waals surface area contributed by atoms with Gasteiger partial charge >= 0.3 is 0 Å². The van der Waals surface area contributed by atoms with Crippen LogP contribution >= 0.6 is 31.9 Å². The Morgan fingerprint density at radius 3 is 2.30 bits per heavy atom. The van der Waals surface area contributed by atoms with Gasteiger partial charge in [-0.1, -0.05) is 22.0 Å². The maximum Gasteiger partial charge on any atom is 0.266 e. The van der Waals surface area contributed by atoms with Crippen LogP contribution < -0.4 is 20.1 Å². The molecule has 0 aliphatic carbocycles. The summed E-state index contributed by atoms with van der Waals surface area (Å²) in [6.07, 6.45) is 1.41. The zero-order valence-corrected chi connectivity index (χ0v) is 23.7. The lowest BCUT2D eigenvalue weighted by Gasteiger charge is -2.13. The average Bonchev–Trinajstić information content (AvgIpc) is 2.85. The Bertz CT molecular complexity index is 1380. The van der Waals surface area contributed by atoms with Gasteiger partial charge in [-0.05, 0) is 102 Å². The molecule has 9 heteroatoms. The van der Waals surface area contributed by atoms with Crippen LogP contribution in [0.4, 0.5) is 11.4 Å². The molecule has 2 amide bonds. The molecule has 0 heterocycles. The number of anilines is 2. The molecular formula is C28H25Br2N3O4. The summed E-state index contributed by atoms with van der Waals surface area (Å²) in [4.78, 5) is 25.3. The van der Waals surface area contributed by atoms with Gasteiger partial charge in [0.05, 0.1) is 11.1 Å². The van der Waals surface area contributed by atoms with Crippen molar-refractivity contribution in [3.8, 4) is 17.6 Å².